The van der Waals surface area contributed by atoms with Crippen molar-refractivity contribution < 1.29 is 23.5 Å². The van der Waals surface area contributed by atoms with Crippen LogP contribution in [0.4, 0.5) is 5.82 Å². The smallest absolute Gasteiger partial charge is 0.338 e. The lowest BCUT2D eigenvalue weighted by atomic mass is 10.0. The van der Waals surface area contributed by atoms with Gasteiger partial charge in [0.15, 0.2) is 18.1 Å². The van der Waals surface area contributed by atoms with Crippen LogP contribution in [-0.4, -0.2) is 58.7 Å². The minimum Gasteiger partial charge on any atom is -0.489 e. The summed E-state index contributed by atoms with van der Waals surface area (Å²) in [6.07, 6.45) is 0.722. The first-order valence-corrected chi connectivity index (χ1v) is 12.5. The lowest BCUT2D eigenvalue weighted by molar-refractivity contribution is -0.0269. The summed E-state index contributed by atoms with van der Waals surface area (Å²) in [5.41, 5.74) is 0.291. The van der Waals surface area contributed by atoms with Crippen molar-refractivity contribution in [1.82, 2.24) is 20.3 Å². The third-order valence-corrected chi connectivity index (χ3v) is 6.68. The average molecular weight is 556 g/mol. The SMILES string of the molecule is COC1(COc2cc(Cl)ccc2Cl)CCN(c2ccc(-c3nc(COC(=O)c4ccccc4)no3)nn2)C1. The fourth-order valence-corrected chi connectivity index (χ4v) is 4.33. The van der Waals surface area contributed by atoms with Gasteiger partial charge >= 0.3 is 5.97 Å². The molecule has 0 radical (unpaired) electrons. The fraction of sp³-hybridized carbons (Fsp3) is 0.269. The zero-order chi connectivity index (χ0) is 26.5. The van der Waals surface area contributed by atoms with Gasteiger partial charge in [-0.15, -0.1) is 10.2 Å². The fourth-order valence-electron chi connectivity index (χ4n) is 3.99. The highest BCUT2D eigenvalue weighted by Gasteiger charge is 2.40. The van der Waals surface area contributed by atoms with E-state index in [2.05, 4.69) is 25.2 Å². The van der Waals surface area contributed by atoms with Crippen molar-refractivity contribution >= 4 is 35.0 Å². The van der Waals surface area contributed by atoms with E-state index in [1.165, 1.54) is 0 Å². The van der Waals surface area contributed by atoms with Crippen LogP contribution in [0, 0.1) is 0 Å². The summed E-state index contributed by atoms with van der Waals surface area (Å²) in [5.74, 6) is 1.10. The maximum atomic E-state index is 12.1. The first-order valence-electron chi connectivity index (χ1n) is 11.7. The molecule has 10 nitrogen and oxygen atoms in total. The Labute approximate surface area is 228 Å². The van der Waals surface area contributed by atoms with Crippen LogP contribution in [0.1, 0.15) is 22.6 Å². The third kappa shape index (κ3) is 5.88. The summed E-state index contributed by atoms with van der Waals surface area (Å²) >= 11 is 12.3. The van der Waals surface area contributed by atoms with Gasteiger partial charge in [-0.2, -0.15) is 4.98 Å². The zero-order valence-corrected chi connectivity index (χ0v) is 21.9. The second kappa shape index (κ2) is 11.3. The van der Waals surface area contributed by atoms with Gasteiger partial charge in [0.05, 0.1) is 17.1 Å². The number of benzene rings is 2. The first-order chi connectivity index (χ1) is 18.4. The molecule has 0 amide bonds. The summed E-state index contributed by atoms with van der Waals surface area (Å²) in [7, 11) is 1.66. The molecular formula is C26H23Cl2N5O5. The van der Waals surface area contributed by atoms with Crippen molar-refractivity contribution in [3.05, 3.63) is 82.1 Å². The van der Waals surface area contributed by atoms with Crippen LogP contribution in [0.2, 0.25) is 10.0 Å². The summed E-state index contributed by atoms with van der Waals surface area (Å²) in [6, 6.07) is 17.3. The predicted molar refractivity (Wildman–Crippen MR) is 139 cm³/mol. The molecule has 1 aliphatic rings. The molecule has 12 heteroatoms. The maximum Gasteiger partial charge on any atom is 0.338 e. The molecule has 1 saturated heterocycles. The van der Waals surface area contributed by atoms with Crippen molar-refractivity contribution in [3.8, 4) is 17.3 Å². The molecule has 196 valence electrons. The molecule has 0 saturated carbocycles. The molecule has 2 aromatic carbocycles. The Kier molecular flexibility index (Phi) is 7.73. The summed E-state index contributed by atoms with van der Waals surface area (Å²) in [4.78, 5) is 18.4. The van der Waals surface area contributed by atoms with Gasteiger partial charge < -0.3 is 23.6 Å². The average Bonchev–Trinajstić information content (AvgIpc) is 3.61. The predicted octanol–water partition coefficient (Wildman–Crippen LogP) is 4.86. The molecule has 0 spiro atoms. The molecular weight excluding hydrogens is 533 g/mol. The Balaban J connectivity index is 1.18. The van der Waals surface area contributed by atoms with Crippen molar-refractivity contribution in [2.45, 2.75) is 18.6 Å². The van der Waals surface area contributed by atoms with Crippen LogP contribution >= 0.6 is 23.2 Å². The third-order valence-electron chi connectivity index (χ3n) is 6.14. The van der Waals surface area contributed by atoms with Crippen LogP contribution in [0.15, 0.2) is 65.2 Å². The van der Waals surface area contributed by atoms with Gasteiger partial charge in [-0.3, -0.25) is 0 Å². The van der Waals surface area contributed by atoms with Gasteiger partial charge in [-0.05, 0) is 42.8 Å². The topological polar surface area (TPSA) is 113 Å². The Morgan fingerprint density at radius 2 is 1.95 bits per heavy atom. The highest BCUT2D eigenvalue weighted by Crippen LogP contribution is 2.32. The van der Waals surface area contributed by atoms with Gasteiger partial charge in [0, 0.05) is 24.7 Å². The maximum absolute atomic E-state index is 12.1. The second-order valence-electron chi connectivity index (χ2n) is 8.66. The van der Waals surface area contributed by atoms with E-state index >= 15 is 0 Å². The molecule has 38 heavy (non-hydrogen) atoms. The first kappa shape index (κ1) is 25.9. The number of halogens is 2. The summed E-state index contributed by atoms with van der Waals surface area (Å²) in [5, 5.41) is 13.5. The monoisotopic (exact) mass is 555 g/mol. The number of hydrogen-bond acceptors (Lipinski definition) is 10. The van der Waals surface area contributed by atoms with E-state index < -0.39 is 11.6 Å². The number of carbonyl (C=O) groups excluding carboxylic acids is 1. The Morgan fingerprint density at radius 3 is 2.71 bits per heavy atom. The van der Waals surface area contributed by atoms with Crippen LogP contribution in [0.3, 0.4) is 0 Å². The number of carbonyl (C=O) groups is 1. The number of nitrogens with zero attached hydrogens (tertiary/aromatic N) is 5. The summed E-state index contributed by atoms with van der Waals surface area (Å²) in [6.45, 7) is 1.42. The minimum absolute atomic E-state index is 0.127. The highest BCUT2D eigenvalue weighted by atomic mass is 35.5. The standard InChI is InChI=1S/C26H23Cl2N5O5/c1-35-26(16-37-21-13-18(27)7-8-19(21)28)11-12-33(15-26)23-10-9-20(30-31-23)24-29-22(32-38-24)14-36-25(34)17-5-3-2-4-6-17/h2-10,13H,11-12,14-16H2,1H3. The van der Waals surface area contributed by atoms with E-state index in [-0.39, 0.29) is 18.3 Å². The molecule has 1 fully saturated rings. The van der Waals surface area contributed by atoms with E-state index in [0.717, 1.165) is 6.42 Å². The Bertz CT molecular complexity index is 1400. The van der Waals surface area contributed by atoms with Crippen molar-refractivity contribution in [2.75, 3.05) is 31.7 Å². The number of anilines is 1. The van der Waals surface area contributed by atoms with Crippen LogP contribution < -0.4 is 9.64 Å². The van der Waals surface area contributed by atoms with E-state index in [4.69, 9.17) is 41.9 Å². The van der Waals surface area contributed by atoms with E-state index in [9.17, 15) is 4.79 Å². The minimum atomic E-state index is -0.551. The lowest BCUT2D eigenvalue weighted by Crippen LogP contribution is -2.41. The molecule has 0 bridgehead atoms. The molecule has 1 aliphatic heterocycles. The lowest BCUT2D eigenvalue weighted by Gasteiger charge is -2.28. The number of aromatic nitrogens is 4. The number of hydrogen-bond donors (Lipinski definition) is 0. The number of esters is 1. The quantitative estimate of drug-likeness (QED) is 0.265. The van der Waals surface area contributed by atoms with Gasteiger partial charge in [-0.25, -0.2) is 4.79 Å². The molecule has 1 unspecified atom stereocenters. The Hall–Kier alpha value is -3.73. The number of ether oxygens (including phenoxy) is 3. The highest BCUT2D eigenvalue weighted by molar-refractivity contribution is 6.34. The Morgan fingerprint density at radius 1 is 1.11 bits per heavy atom. The van der Waals surface area contributed by atoms with Gasteiger partial charge in [0.25, 0.3) is 5.89 Å². The van der Waals surface area contributed by atoms with Crippen LogP contribution in [0.5, 0.6) is 5.75 Å². The molecule has 4 aromatic rings. The molecule has 3 heterocycles. The molecule has 5 rings (SSSR count). The van der Waals surface area contributed by atoms with Gasteiger partial charge in [0.2, 0.25) is 5.82 Å². The molecule has 2 aromatic heterocycles. The normalized spacial score (nSPS) is 17.0. The van der Waals surface area contributed by atoms with Crippen molar-refractivity contribution in [2.24, 2.45) is 0 Å². The van der Waals surface area contributed by atoms with Crippen LogP contribution in [-0.2, 0) is 16.1 Å². The molecule has 0 N–H and O–H groups in total. The number of methoxy groups -OCH3 is 1. The van der Waals surface area contributed by atoms with E-state index in [1.54, 1.807) is 55.6 Å². The van der Waals surface area contributed by atoms with Crippen molar-refractivity contribution in [3.63, 3.8) is 0 Å². The van der Waals surface area contributed by atoms with Crippen LogP contribution in [0.25, 0.3) is 11.6 Å². The van der Waals surface area contributed by atoms with E-state index in [0.29, 0.717) is 52.6 Å². The van der Waals surface area contributed by atoms with Gasteiger partial charge in [0.1, 0.15) is 18.0 Å². The van der Waals surface area contributed by atoms with Crippen molar-refractivity contribution in [1.29, 1.82) is 0 Å². The van der Waals surface area contributed by atoms with Gasteiger partial charge in [-0.1, -0.05) is 46.6 Å². The molecule has 0 aliphatic carbocycles. The molecule has 1 atom stereocenters. The zero-order valence-electron chi connectivity index (χ0n) is 20.3. The number of rotatable bonds is 9. The summed E-state index contributed by atoms with van der Waals surface area (Å²) < 4.78 is 22.3. The largest absolute Gasteiger partial charge is 0.489 e. The second-order valence-corrected chi connectivity index (χ2v) is 9.50. The van der Waals surface area contributed by atoms with E-state index in [1.807, 2.05) is 12.1 Å².